The largest absolute Gasteiger partial charge is 0.417 e. The molecule has 0 aliphatic heterocycles. The number of H-pyrrole nitrogens is 1. The molecule has 0 bridgehead atoms. The summed E-state index contributed by atoms with van der Waals surface area (Å²) in [6.07, 6.45) is -2.54. The number of hydrogen-bond acceptors (Lipinski definition) is 5. The summed E-state index contributed by atoms with van der Waals surface area (Å²) in [5.41, 5.74) is 1.22. The minimum absolute atomic E-state index is 0.0367. The molecule has 0 spiro atoms. The summed E-state index contributed by atoms with van der Waals surface area (Å²) < 4.78 is 39.9. The molecule has 0 saturated heterocycles. The lowest BCUT2D eigenvalue weighted by atomic mass is 10.0. The van der Waals surface area contributed by atoms with E-state index in [1.54, 1.807) is 30.5 Å². The van der Waals surface area contributed by atoms with Gasteiger partial charge in [-0.1, -0.05) is 17.7 Å². The van der Waals surface area contributed by atoms with Gasteiger partial charge in [-0.25, -0.2) is 14.8 Å². The van der Waals surface area contributed by atoms with Gasteiger partial charge >= 0.3 is 12.2 Å². The highest BCUT2D eigenvalue weighted by Crippen LogP contribution is 2.36. The molecule has 0 fully saturated rings. The van der Waals surface area contributed by atoms with Crippen molar-refractivity contribution in [3.63, 3.8) is 0 Å². The number of anilines is 4. The van der Waals surface area contributed by atoms with Gasteiger partial charge in [-0.05, 0) is 70.4 Å². The number of aromatic amines is 1. The lowest BCUT2D eigenvalue weighted by Gasteiger charge is -2.13. The van der Waals surface area contributed by atoms with Gasteiger partial charge in [-0.3, -0.25) is 5.10 Å². The van der Waals surface area contributed by atoms with Gasteiger partial charge in [-0.2, -0.15) is 18.3 Å². The molecular formula is C23H18BrClF3N7O. The van der Waals surface area contributed by atoms with Crippen molar-refractivity contribution in [2.75, 3.05) is 16.0 Å². The first-order chi connectivity index (χ1) is 17.1. The summed E-state index contributed by atoms with van der Waals surface area (Å²) >= 11 is 8.91. The number of nitrogens with one attached hydrogen (secondary N) is 4. The summed E-state index contributed by atoms with van der Waals surface area (Å²) in [6.45, 7) is 1.87. The SMILES string of the molecule is Cc1cc(NC(=O)Nc2ccc(Cl)c(C(F)(F)F)c2)ccc1Cc1nccc(Nc2cc(Br)[nH]n2)n1. The molecule has 4 rings (SSSR count). The topological polar surface area (TPSA) is 108 Å². The minimum atomic E-state index is -4.63. The molecule has 2 heterocycles. The normalized spacial score (nSPS) is 11.3. The van der Waals surface area contributed by atoms with E-state index in [-0.39, 0.29) is 5.69 Å². The summed E-state index contributed by atoms with van der Waals surface area (Å²) in [5.74, 6) is 1.77. The smallest absolute Gasteiger partial charge is 0.323 e. The van der Waals surface area contributed by atoms with Gasteiger partial charge < -0.3 is 16.0 Å². The third-order valence-corrected chi connectivity index (χ3v) is 5.72. The number of urea groups is 1. The zero-order chi connectivity index (χ0) is 25.9. The van der Waals surface area contributed by atoms with Crippen molar-refractivity contribution in [1.29, 1.82) is 0 Å². The van der Waals surface area contributed by atoms with Gasteiger partial charge in [0.25, 0.3) is 0 Å². The summed E-state index contributed by atoms with van der Waals surface area (Å²) in [7, 11) is 0. The fourth-order valence-corrected chi connectivity index (χ4v) is 3.83. The summed E-state index contributed by atoms with van der Waals surface area (Å²) in [6, 6.07) is 11.2. The van der Waals surface area contributed by atoms with Crippen molar-refractivity contribution in [1.82, 2.24) is 20.2 Å². The molecule has 0 aliphatic carbocycles. The van der Waals surface area contributed by atoms with Crippen LogP contribution in [0, 0.1) is 6.92 Å². The van der Waals surface area contributed by atoms with E-state index < -0.39 is 22.8 Å². The first-order valence-electron chi connectivity index (χ1n) is 10.4. The average molecular weight is 581 g/mol. The molecule has 2 aromatic heterocycles. The number of benzene rings is 2. The number of aryl methyl sites for hydroxylation is 1. The van der Waals surface area contributed by atoms with Gasteiger partial charge in [0.2, 0.25) is 0 Å². The Morgan fingerprint density at radius 1 is 1.06 bits per heavy atom. The van der Waals surface area contributed by atoms with E-state index in [0.29, 0.717) is 29.6 Å². The Bertz CT molecular complexity index is 1410. The number of alkyl halides is 3. The van der Waals surface area contributed by atoms with Crippen LogP contribution >= 0.6 is 27.5 Å². The van der Waals surface area contributed by atoms with Gasteiger partial charge in [0.15, 0.2) is 5.82 Å². The third kappa shape index (κ3) is 6.52. The molecule has 8 nitrogen and oxygen atoms in total. The number of carbonyl (C=O) groups excluding carboxylic acids is 1. The quantitative estimate of drug-likeness (QED) is 0.198. The van der Waals surface area contributed by atoms with Crippen LogP contribution in [0.25, 0.3) is 0 Å². The maximum absolute atomic E-state index is 13.0. The van der Waals surface area contributed by atoms with Crippen molar-refractivity contribution in [3.05, 3.63) is 86.9 Å². The Hall–Kier alpha value is -3.64. The van der Waals surface area contributed by atoms with Gasteiger partial charge in [-0.15, -0.1) is 0 Å². The van der Waals surface area contributed by atoms with E-state index in [9.17, 15) is 18.0 Å². The second kappa shape index (κ2) is 10.5. The van der Waals surface area contributed by atoms with Crippen molar-refractivity contribution in [2.45, 2.75) is 19.5 Å². The lowest BCUT2D eigenvalue weighted by Crippen LogP contribution is -2.20. The number of amides is 2. The Morgan fingerprint density at radius 2 is 1.78 bits per heavy atom. The second-order valence-corrected chi connectivity index (χ2v) is 8.94. The number of aromatic nitrogens is 4. The van der Waals surface area contributed by atoms with Crippen LogP contribution in [0.15, 0.2) is 59.3 Å². The van der Waals surface area contributed by atoms with Gasteiger partial charge in [0.1, 0.15) is 16.2 Å². The molecule has 2 amide bonds. The Balaban J connectivity index is 1.40. The molecule has 4 N–H and O–H groups in total. The van der Waals surface area contributed by atoms with Crippen LogP contribution in [-0.2, 0) is 12.6 Å². The van der Waals surface area contributed by atoms with Crippen LogP contribution in [0.1, 0.15) is 22.5 Å². The van der Waals surface area contributed by atoms with E-state index in [2.05, 4.69) is 52.0 Å². The van der Waals surface area contributed by atoms with E-state index in [1.807, 2.05) is 13.0 Å². The number of hydrogen-bond donors (Lipinski definition) is 4. The van der Waals surface area contributed by atoms with Crippen LogP contribution in [0.3, 0.4) is 0 Å². The molecule has 0 radical (unpaired) electrons. The lowest BCUT2D eigenvalue weighted by molar-refractivity contribution is -0.137. The molecule has 0 unspecified atom stereocenters. The van der Waals surface area contributed by atoms with Crippen LogP contribution in [0.2, 0.25) is 5.02 Å². The maximum Gasteiger partial charge on any atom is 0.417 e. The van der Waals surface area contributed by atoms with Gasteiger partial charge in [0.05, 0.1) is 10.6 Å². The molecule has 0 aliphatic rings. The molecule has 2 aromatic carbocycles. The fraction of sp³-hybridized carbons (Fsp3) is 0.130. The minimum Gasteiger partial charge on any atom is -0.323 e. The van der Waals surface area contributed by atoms with E-state index in [1.165, 1.54) is 6.07 Å². The summed E-state index contributed by atoms with van der Waals surface area (Å²) in [5, 5.41) is 14.5. The average Bonchev–Trinajstić information content (AvgIpc) is 3.21. The molecule has 0 atom stereocenters. The summed E-state index contributed by atoms with van der Waals surface area (Å²) in [4.78, 5) is 21.1. The van der Waals surface area contributed by atoms with E-state index in [4.69, 9.17) is 11.6 Å². The Kier molecular flexibility index (Phi) is 7.45. The number of nitrogens with zero attached hydrogens (tertiary/aromatic N) is 3. The number of halogens is 5. The number of carbonyl (C=O) groups is 1. The first kappa shape index (κ1) is 25.5. The Morgan fingerprint density at radius 3 is 2.44 bits per heavy atom. The van der Waals surface area contributed by atoms with Crippen LogP contribution in [0.4, 0.5) is 41.0 Å². The second-order valence-electron chi connectivity index (χ2n) is 7.67. The zero-order valence-electron chi connectivity index (χ0n) is 18.5. The third-order valence-electron chi connectivity index (χ3n) is 4.99. The fourth-order valence-electron chi connectivity index (χ4n) is 3.30. The van der Waals surface area contributed by atoms with E-state index in [0.717, 1.165) is 27.9 Å². The standard InChI is InChI=1S/C23H18BrClF3N7O/c1-12-8-14(30-22(36)31-15-4-5-17(25)16(10-15)23(26,27)28)3-2-13(12)9-20-29-7-6-19(32-20)33-21-11-18(24)34-35-21/h2-8,10-11H,9H2,1H3,(H2,30,31,36)(H2,29,32,33,34,35). The van der Waals surface area contributed by atoms with Crippen molar-refractivity contribution in [2.24, 2.45) is 0 Å². The molecule has 186 valence electrons. The Labute approximate surface area is 216 Å². The van der Waals surface area contributed by atoms with Crippen LogP contribution in [0.5, 0.6) is 0 Å². The van der Waals surface area contributed by atoms with Crippen molar-refractivity contribution >= 4 is 56.6 Å². The molecule has 4 aromatic rings. The van der Waals surface area contributed by atoms with Crippen molar-refractivity contribution in [3.8, 4) is 0 Å². The van der Waals surface area contributed by atoms with Crippen LogP contribution in [-0.4, -0.2) is 26.2 Å². The van der Waals surface area contributed by atoms with Crippen LogP contribution < -0.4 is 16.0 Å². The predicted octanol–water partition coefficient (Wildman–Crippen LogP) is 6.92. The molecular weight excluding hydrogens is 563 g/mol. The van der Waals surface area contributed by atoms with Crippen molar-refractivity contribution < 1.29 is 18.0 Å². The highest BCUT2D eigenvalue weighted by Gasteiger charge is 2.33. The zero-order valence-corrected chi connectivity index (χ0v) is 20.9. The highest BCUT2D eigenvalue weighted by atomic mass is 79.9. The monoisotopic (exact) mass is 579 g/mol. The van der Waals surface area contributed by atoms with E-state index >= 15 is 0 Å². The predicted molar refractivity (Wildman–Crippen MR) is 135 cm³/mol. The molecule has 13 heteroatoms. The first-order valence-corrected chi connectivity index (χ1v) is 11.6. The van der Waals surface area contributed by atoms with Gasteiger partial charge in [0, 0.05) is 30.1 Å². The highest BCUT2D eigenvalue weighted by molar-refractivity contribution is 9.10. The molecule has 36 heavy (non-hydrogen) atoms. The maximum atomic E-state index is 13.0. The number of rotatable bonds is 6. The molecule has 0 saturated carbocycles.